The highest BCUT2D eigenvalue weighted by atomic mass is 32.2. The summed E-state index contributed by atoms with van der Waals surface area (Å²) in [6, 6.07) is -0.196. The number of hydrogen-bond acceptors (Lipinski definition) is 4. The molecule has 2 atom stereocenters. The lowest BCUT2D eigenvalue weighted by Gasteiger charge is -2.37. The molecule has 2 unspecified atom stereocenters. The monoisotopic (exact) mass is 310 g/mol. The quantitative estimate of drug-likeness (QED) is 0.790. The first-order valence-electron chi connectivity index (χ1n) is 6.71. The first kappa shape index (κ1) is 15.2. The van der Waals surface area contributed by atoms with Gasteiger partial charge in [0.25, 0.3) is 0 Å². The van der Waals surface area contributed by atoms with Crippen molar-refractivity contribution in [2.24, 2.45) is 0 Å². The van der Waals surface area contributed by atoms with Crippen molar-refractivity contribution in [3.05, 3.63) is 0 Å². The van der Waals surface area contributed by atoms with Gasteiger partial charge in [-0.25, -0.2) is 21.6 Å². The molecule has 0 spiro atoms. The minimum Gasteiger partial charge on any atom is -0.212 e. The van der Waals surface area contributed by atoms with E-state index >= 15 is 0 Å². The summed E-state index contributed by atoms with van der Waals surface area (Å²) in [6.07, 6.45) is 4.68. The molecule has 0 amide bonds. The molecule has 2 saturated heterocycles. The van der Waals surface area contributed by atoms with Crippen LogP contribution in [-0.4, -0.2) is 51.3 Å². The zero-order chi connectivity index (χ0) is 14.3. The largest absolute Gasteiger partial charge is 0.212 e. The fraction of sp³-hybridized carbons (Fsp3) is 1.00. The molecule has 0 aliphatic carbocycles. The number of sulfonamides is 2. The molecular weight excluding hydrogens is 288 g/mol. The highest BCUT2D eigenvalue weighted by molar-refractivity contribution is 7.89. The van der Waals surface area contributed by atoms with Gasteiger partial charge in [0.15, 0.2) is 0 Å². The van der Waals surface area contributed by atoms with Gasteiger partial charge in [0.05, 0.1) is 12.0 Å². The van der Waals surface area contributed by atoms with Crippen LogP contribution in [-0.2, 0) is 20.0 Å². The van der Waals surface area contributed by atoms with Crippen molar-refractivity contribution in [3.8, 4) is 0 Å². The van der Waals surface area contributed by atoms with Crippen molar-refractivity contribution in [1.82, 2.24) is 9.03 Å². The summed E-state index contributed by atoms with van der Waals surface area (Å²) in [5.74, 6) is 0.134. The molecule has 8 heteroatoms. The number of nitrogens with zero attached hydrogens (tertiary/aromatic N) is 1. The van der Waals surface area contributed by atoms with Gasteiger partial charge in [-0.1, -0.05) is 6.92 Å². The Balaban J connectivity index is 2.05. The van der Waals surface area contributed by atoms with Gasteiger partial charge in [-0.15, -0.1) is 0 Å². The summed E-state index contributed by atoms with van der Waals surface area (Å²) < 4.78 is 51.3. The molecule has 2 rings (SSSR count). The van der Waals surface area contributed by atoms with Crippen LogP contribution in [0.1, 0.15) is 39.0 Å². The number of hydrogen-bond donors (Lipinski definition) is 1. The van der Waals surface area contributed by atoms with Gasteiger partial charge in [0.1, 0.15) is 0 Å². The van der Waals surface area contributed by atoms with Crippen LogP contribution >= 0.6 is 0 Å². The maximum Gasteiger partial charge on any atom is 0.211 e. The zero-order valence-electron chi connectivity index (χ0n) is 11.4. The van der Waals surface area contributed by atoms with Gasteiger partial charge in [0, 0.05) is 18.1 Å². The number of fused-ring (bicyclic) bond motifs is 2. The third-order valence-corrected chi connectivity index (χ3v) is 6.87. The van der Waals surface area contributed by atoms with Gasteiger partial charge >= 0.3 is 0 Å². The lowest BCUT2D eigenvalue weighted by molar-refractivity contribution is 0.221. The Bertz CT molecular complexity index is 515. The third-order valence-electron chi connectivity index (χ3n) is 3.87. The second kappa shape index (κ2) is 5.31. The molecule has 0 saturated carbocycles. The SMILES string of the molecule is CCCS(=O)(=O)NC1CC2CCC(C1)N2S(C)(=O)=O. The molecule has 2 aliphatic heterocycles. The summed E-state index contributed by atoms with van der Waals surface area (Å²) >= 11 is 0. The van der Waals surface area contributed by atoms with E-state index in [4.69, 9.17) is 0 Å². The normalized spacial score (nSPS) is 32.6. The van der Waals surface area contributed by atoms with Crippen LogP contribution in [0.2, 0.25) is 0 Å². The van der Waals surface area contributed by atoms with E-state index in [0.717, 1.165) is 12.8 Å². The molecule has 2 fully saturated rings. The van der Waals surface area contributed by atoms with Crippen molar-refractivity contribution in [1.29, 1.82) is 0 Å². The third kappa shape index (κ3) is 3.48. The topological polar surface area (TPSA) is 83.6 Å². The van der Waals surface area contributed by atoms with Gasteiger partial charge in [-0.05, 0) is 32.1 Å². The van der Waals surface area contributed by atoms with E-state index in [1.807, 2.05) is 6.92 Å². The van der Waals surface area contributed by atoms with Crippen molar-refractivity contribution in [2.45, 2.75) is 57.2 Å². The van der Waals surface area contributed by atoms with E-state index in [-0.39, 0.29) is 23.9 Å². The Morgan fingerprint density at radius 1 is 1.11 bits per heavy atom. The van der Waals surface area contributed by atoms with Crippen LogP contribution < -0.4 is 4.72 Å². The average Bonchev–Trinajstić information content (AvgIpc) is 2.50. The summed E-state index contributed by atoms with van der Waals surface area (Å²) in [4.78, 5) is 0. The standard InChI is InChI=1S/C11H22N2O4S2/c1-3-6-19(16,17)12-9-7-10-4-5-11(8-9)13(10)18(2,14)15/h9-12H,3-8H2,1-2H3. The van der Waals surface area contributed by atoms with Crippen LogP contribution in [0.3, 0.4) is 0 Å². The Kier molecular flexibility index (Phi) is 4.25. The number of piperidine rings is 1. The molecule has 0 aromatic carbocycles. The predicted molar refractivity (Wildman–Crippen MR) is 73.7 cm³/mol. The second-order valence-electron chi connectivity index (χ2n) is 5.58. The molecule has 2 aliphatic rings. The van der Waals surface area contributed by atoms with E-state index in [9.17, 15) is 16.8 Å². The molecule has 1 N–H and O–H groups in total. The first-order chi connectivity index (χ1) is 8.73. The first-order valence-corrected chi connectivity index (χ1v) is 10.2. The molecule has 6 nitrogen and oxygen atoms in total. The molecule has 2 heterocycles. The Labute approximate surface area is 115 Å². The van der Waals surface area contributed by atoms with Crippen molar-refractivity contribution in [3.63, 3.8) is 0 Å². The maximum atomic E-state index is 11.8. The molecule has 0 radical (unpaired) electrons. The van der Waals surface area contributed by atoms with Crippen molar-refractivity contribution < 1.29 is 16.8 Å². The summed E-state index contributed by atoms with van der Waals surface area (Å²) in [5.41, 5.74) is 0. The molecule has 0 aromatic rings. The van der Waals surface area contributed by atoms with Crippen LogP contribution in [0.5, 0.6) is 0 Å². The van der Waals surface area contributed by atoms with Crippen LogP contribution in [0.25, 0.3) is 0 Å². The predicted octanol–water partition coefficient (Wildman–Crippen LogP) is 0.271. The van der Waals surface area contributed by atoms with Crippen LogP contribution in [0.15, 0.2) is 0 Å². The van der Waals surface area contributed by atoms with Crippen LogP contribution in [0.4, 0.5) is 0 Å². The van der Waals surface area contributed by atoms with E-state index < -0.39 is 20.0 Å². The van der Waals surface area contributed by atoms with Gasteiger partial charge in [-0.2, -0.15) is 4.31 Å². The minimum absolute atomic E-state index is 0.0388. The second-order valence-corrected chi connectivity index (χ2v) is 9.34. The lowest BCUT2D eigenvalue weighted by Crippen LogP contribution is -2.52. The highest BCUT2D eigenvalue weighted by Gasteiger charge is 2.45. The fourth-order valence-electron chi connectivity index (χ4n) is 3.35. The molecule has 19 heavy (non-hydrogen) atoms. The lowest BCUT2D eigenvalue weighted by atomic mass is 10.0. The average molecular weight is 310 g/mol. The van der Waals surface area contributed by atoms with Gasteiger partial charge in [0.2, 0.25) is 20.0 Å². The summed E-state index contributed by atoms with van der Waals surface area (Å²) in [6.45, 7) is 1.83. The van der Waals surface area contributed by atoms with E-state index in [2.05, 4.69) is 4.72 Å². The maximum absolute atomic E-state index is 11.8. The molecule has 2 bridgehead atoms. The Morgan fingerprint density at radius 3 is 2.05 bits per heavy atom. The van der Waals surface area contributed by atoms with Gasteiger partial charge in [-0.3, -0.25) is 0 Å². The molecular formula is C11H22N2O4S2. The zero-order valence-corrected chi connectivity index (χ0v) is 13.0. The summed E-state index contributed by atoms with van der Waals surface area (Å²) in [7, 11) is -6.40. The fourth-order valence-corrected chi connectivity index (χ4v) is 6.18. The number of nitrogens with one attached hydrogen (secondary N) is 1. The minimum atomic E-state index is -3.22. The van der Waals surface area contributed by atoms with E-state index in [0.29, 0.717) is 19.3 Å². The Morgan fingerprint density at radius 2 is 1.63 bits per heavy atom. The summed E-state index contributed by atoms with van der Waals surface area (Å²) in [5, 5.41) is 0. The highest BCUT2D eigenvalue weighted by Crippen LogP contribution is 2.37. The molecule has 112 valence electrons. The van der Waals surface area contributed by atoms with Crippen molar-refractivity contribution in [2.75, 3.05) is 12.0 Å². The van der Waals surface area contributed by atoms with Crippen molar-refractivity contribution >= 4 is 20.0 Å². The molecule has 0 aromatic heterocycles. The van der Waals surface area contributed by atoms with E-state index in [1.165, 1.54) is 6.26 Å². The number of rotatable bonds is 5. The van der Waals surface area contributed by atoms with Gasteiger partial charge < -0.3 is 0 Å². The van der Waals surface area contributed by atoms with E-state index in [1.54, 1.807) is 4.31 Å². The van der Waals surface area contributed by atoms with Crippen LogP contribution in [0, 0.1) is 0 Å². The Hall–Kier alpha value is -0.180. The smallest absolute Gasteiger partial charge is 0.211 e.